The van der Waals surface area contributed by atoms with Crippen molar-refractivity contribution in [2.24, 2.45) is 0 Å². The van der Waals surface area contributed by atoms with Crippen LogP contribution >= 0.6 is 0 Å². The van der Waals surface area contributed by atoms with Crippen LogP contribution in [-0.4, -0.2) is 53.8 Å². The molecule has 3 aromatic rings. The summed E-state index contributed by atoms with van der Waals surface area (Å²) >= 11 is 0. The van der Waals surface area contributed by atoms with Crippen molar-refractivity contribution >= 4 is 12.2 Å². The number of hydrogen-bond donors (Lipinski definition) is 2. The second kappa shape index (κ2) is 11.0. The maximum absolute atomic E-state index is 11.8. The van der Waals surface area contributed by atoms with E-state index in [0.29, 0.717) is 11.4 Å². The normalized spacial score (nSPS) is 11.5. The van der Waals surface area contributed by atoms with Gasteiger partial charge in [0, 0.05) is 25.5 Å². The minimum atomic E-state index is -0.563. The average Bonchev–Trinajstić information content (AvgIpc) is 2.80. The molecule has 0 radical (unpaired) electrons. The third-order valence-corrected chi connectivity index (χ3v) is 4.26. The van der Waals surface area contributed by atoms with Gasteiger partial charge in [-0.2, -0.15) is 0 Å². The summed E-state index contributed by atoms with van der Waals surface area (Å²) in [5.74, 6) is 0.507. The maximum atomic E-state index is 11.8. The number of nitrogens with zero attached hydrogens (tertiary/aromatic N) is 6. The zero-order valence-corrected chi connectivity index (χ0v) is 21.2. The summed E-state index contributed by atoms with van der Waals surface area (Å²) < 4.78 is 10.4. The summed E-state index contributed by atoms with van der Waals surface area (Å²) in [5, 5.41) is 21.7. The van der Waals surface area contributed by atoms with Crippen LogP contribution in [0.25, 0.3) is 23.0 Å². The van der Waals surface area contributed by atoms with Gasteiger partial charge in [-0.3, -0.25) is 9.97 Å². The number of amides is 2. The van der Waals surface area contributed by atoms with E-state index in [1.807, 2.05) is 0 Å². The van der Waals surface area contributed by atoms with Gasteiger partial charge in [0.15, 0.2) is 0 Å². The first-order valence-electron chi connectivity index (χ1n) is 11.3. The van der Waals surface area contributed by atoms with Crippen molar-refractivity contribution in [3.8, 4) is 23.0 Å². The quantitative estimate of drug-likeness (QED) is 0.521. The van der Waals surface area contributed by atoms with Crippen LogP contribution in [0.1, 0.15) is 52.7 Å². The molecule has 2 amide bonds. The minimum absolute atomic E-state index is 0.253. The summed E-state index contributed by atoms with van der Waals surface area (Å²) in [6, 6.07) is 7.02. The van der Waals surface area contributed by atoms with E-state index in [4.69, 9.17) is 9.47 Å². The molecule has 0 fully saturated rings. The molecule has 0 saturated heterocycles. The topological polar surface area (TPSA) is 154 Å². The maximum Gasteiger partial charge on any atom is 0.407 e. The zero-order valence-electron chi connectivity index (χ0n) is 21.2. The number of carbonyl (C=O) groups is 2. The lowest BCUT2D eigenvalue weighted by Gasteiger charge is -2.19. The number of hydrogen-bond acceptors (Lipinski definition) is 10. The Morgan fingerprint density at radius 1 is 0.667 bits per heavy atom. The summed E-state index contributed by atoms with van der Waals surface area (Å²) in [4.78, 5) is 32.2. The van der Waals surface area contributed by atoms with Crippen molar-refractivity contribution < 1.29 is 19.1 Å². The molecule has 3 aromatic heterocycles. The minimum Gasteiger partial charge on any atom is -0.444 e. The molecule has 0 aliphatic carbocycles. The standard InChI is InChI=1S/C24H30N8O4/c1-23(2,3)35-21(33)27-13-15-7-9-17(25-11-15)19-29-31-20(32-30-19)18-10-8-16(12-26-18)14-28-22(34)36-24(4,5)6/h7-12H,13-14H2,1-6H3,(H,27,33)(H,28,34). The number of carbonyl (C=O) groups excluding carboxylic acids is 2. The number of ether oxygens (including phenoxy) is 2. The predicted octanol–water partition coefficient (Wildman–Crippen LogP) is 3.44. The number of aromatic nitrogens is 6. The lowest BCUT2D eigenvalue weighted by molar-refractivity contribution is 0.0512. The summed E-state index contributed by atoms with van der Waals surface area (Å²) in [7, 11) is 0. The summed E-state index contributed by atoms with van der Waals surface area (Å²) in [6.07, 6.45) is 2.21. The van der Waals surface area contributed by atoms with Gasteiger partial charge in [0.2, 0.25) is 11.6 Å². The van der Waals surface area contributed by atoms with Crippen LogP contribution in [0.5, 0.6) is 0 Å². The van der Waals surface area contributed by atoms with Crippen molar-refractivity contribution in [3.63, 3.8) is 0 Å². The highest BCUT2D eigenvalue weighted by molar-refractivity contribution is 5.68. The lowest BCUT2D eigenvalue weighted by atomic mass is 10.2. The van der Waals surface area contributed by atoms with Gasteiger partial charge in [0.05, 0.1) is 0 Å². The molecule has 0 unspecified atom stereocenters. The van der Waals surface area contributed by atoms with E-state index < -0.39 is 23.4 Å². The van der Waals surface area contributed by atoms with E-state index >= 15 is 0 Å². The smallest absolute Gasteiger partial charge is 0.407 e. The van der Waals surface area contributed by atoms with E-state index in [0.717, 1.165) is 11.1 Å². The van der Waals surface area contributed by atoms with E-state index in [-0.39, 0.29) is 24.7 Å². The SMILES string of the molecule is CC(C)(C)OC(=O)NCc1ccc(-c2nnc(-c3ccc(CNC(=O)OC(C)(C)C)cn3)nn2)nc1. The molecule has 0 aromatic carbocycles. The number of nitrogens with one attached hydrogen (secondary N) is 2. The molecular weight excluding hydrogens is 464 g/mol. The van der Waals surface area contributed by atoms with Crippen LogP contribution in [0.3, 0.4) is 0 Å². The van der Waals surface area contributed by atoms with Crippen LogP contribution in [0.15, 0.2) is 36.7 Å². The molecule has 0 bridgehead atoms. The molecule has 36 heavy (non-hydrogen) atoms. The number of rotatable bonds is 6. The molecule has 0 aliphatic heterocycles. The summed E-state index contributed by atoms with van der Waals surface area (Å²) in [5.41, 5.74) is 1.41. The largest absolute Gasteiger partial charge is 0.444 e. The molecule has 3 rings (SSSR count). The Balaban J connectivity index is 1.55. The zero-order chi connectivity index (χ0) is 26.3. The predicted molar refractivity (Wildman–Crippen MR) is 130 cm³/mol. The molecule has 0 spiro atoms. The first kappa shape index (κ1) is 26.4. The monoisotopic (exact) mass is 494 g/mol. The van der Waals surface area contributed by atoms with Crippen LogP contribution in [0, 0.1) is 0 Å². The van der Waals surface area contributed by atoms with Gasteiger partial charge in [-0.05, 0) is 64.8 Å². The molecule has 190 valence electrons. The average molecular weight is 495 g/mol. The van der Waals surface area contributed by atoms with Gasteiger partial charge < -0.3 is 20.1 Å². The van der Waals surface area contributed by atoms with Crippen LogP contribution in [0.4, 0.5) is 9.59 Å². The van der Waals surface area contributed by atoms with E-state index in [2.05, 4.69) is 41.0 Å². The van der Waals surface area contributed by atoms with Gasteiger partial charge in [-0.1, -0.05) is 12.1 Å². The van der Waals surface area contributed by atoms with Crippen molar-refractivity contribution in [1.29, 1.82) is 0 Å². The Labute approximate surface area is 209 Å². The third kappa shape index (κ3) is 8.53. The third-order valence-electron chi connectivity index (χ3n) is 4.26. The van der Waals surface area contributed by atoms with Crippen molar-refractivity contribution in [2.75, 3.05) is 0 Å². The Kier molecular flexibility index (Phi) is 8.07. The Morgan fingerprint density at radius 2 is 1.03 bits per heavy atom. The van der Waals surface area contributed by atoms with E-state index in [1.165, 1.54) is 0 Å². The van der Waals surface area contributed by atoms with Crippen LogP contribution in [0.2, 0.25) is 0 Å². The fourth-order valence-electron chi connectivity index (χ4n) is 2.73. The van der Waals surface area contributed by atoms with Crippen LogP contribution < -0.4 is 10.6 Å². The fourth-order valence-corrected chi connectivity index (χ4v) is 2.73. The Bertz CT molecular complexity index is 1070. The van der Waals surface area contributed by atoms with E-state index in [1.54, 1.807) is 78.2 Å². The van der Waals surface area contributed by atoms with Gasteiger partial charge in [0.1, 0.15) is 22.6 Å². The molecular formula is C24H30N8O4. The molecule has 12 nitrogen and oxygen atoms in total. The van der Waals surface area contributed by atoms with E-state index in [9.17, 15) is 9.59 Å². The Morgan fingerprint density at radius 3 is 1.31 bits per heavy atom. The number of pyridine rings is 2. The molecule has 0 saturated carbocycles. The molecule has 12 heteroatoms. The highest BCUT2D eigenvalue weighted by atomic mass is 16.6. The highest BCUT2D eigenvalue weighted by Crippen LogP contribution is 2.15. The first-order valence-corrected chi connectivity index (χ1v) is 11.3. The van der Waals surface area contributed by atoms with Gasteiger partial charge >= 0.3 is 12.2 Å². The van der Waals surface area contributed by atoms with Gasteiger partial charge in [0.25, 0.3) is 0 Å². The molecule has 0 aliphatic rings. The van der Waals surface area contributed by atoms with Crippen molar-refractivity contribution in [3.05, 3.63) is 47.8 Å². The van der Waals surface area contributed by atoms with Crippen molar-refractivity contribution in [1.82, 2.24) is 41.0 Å². The van der Waals surface area contributed by atoms with Crippen molar-refractivity contribution in [2.45, 2.75) is 65.8 Å². The molecule has 0 atom stereocenters. The number of alkyl carbamates (subject to hydrolysis) is 2. The fraction of sp³-hybridized carbons (Fsp3) is 0.417. The highest BCUT2D eigenvalue weighted by Gasteiger charge is 2.17. The van der Waals surface area contributed by atoms with Gasteiger partial charge in [-0.15, -0.1) is 20.4 Å². The lowest BCUT2D eigenvalue weighted by Crippen LogP contribution is -2.32. The summed E-state index contributed by atoms with van der Waals surface area (Å²) in [6.45, 7) is 11.3. The van der Waals surface area contributed by atoms with Crippen LogP contribution in [-0.2, 0) is 22.6 Å². The first-order chi connectivity index (χ1) is 16.9. The second-order valence-corrected chi connectivity index (χ2v) is 9.86. The molecule has 3 heterocycles. The van der Waals surface area contributed by atoms with Gasteiger partial charge in [-0.25, -0.2) is 9.59 Å². The second-order valence-electron chi connectivity index (χ2n) is 9.86. The molecule has 2 N–H and O–H groups in total. The Hall–Kier alpha value is -4.22.